The molecule has 0 fully saturated rings. The van der Waals surface area contributed by atoms with Crippen LogP contribution in [0.3, 0.4) is 0 Å². The van der Waals surface area contributed by atoms with Crippen LogP contribution >= 0.6 is 11.6 Å². The molecule has 2 aliphatic heterocycles. The van der Waals surface area contributed by atoms with Gasteiger partial charge < -0.3 is 9.64 Å². The molecule has 0 aromatic heterocycles. The summed E-state index contributed by atoms with van der Waals surface area (Å²) in [4.78, 5) is 13.9. The Morgan fingerprint density at radius 2 is 2.09 bits per heavy atom. The standard InChI is InChI=1S/C14H11ClN2O4S/c15-11-5-1-2-6-12(11)21-14(18)10-4-3-7-17-8-9-22(19,20)16-13(10)17/h1-7H,8-9H2. The molecule has 2 aliphatic rings. The molecule has 2 heterocycles. The molecule has 1 aromatic carbocycles. The number of carbonyl (C=O) groups is 1. The van der Waals surface area contributed by atoms with E-state index in [2.05, 4.69) is 4.40 Å². The molecule has 0 N–H and O–H groups in total. The normalized spacial score (nSPS) is 19.0. The molecule has 0 amide bonds. The molecule has 8 heteroatoms. The monoisotopic (exact) mass is 338 g/mol. The lowest BCUT2D eigenvalue weighted by Gasteiger charge is -2.28. The van der Waals surface area contributed by atoms with Gasteiger partial charge in [0.1, 0.15) is 11.3 Å². The second kappa shape index (κ2) is 5.58. The summed E-state index contributed by atoms with van der Waals surface area (Å²) < 4.78 is 32.2. The third-order valence-electron chi connectivity index (χ3n) is 3.12. The van der Waals surface area contributed by atoms with Crippen molar-refractivity contribution in [2.75, 3.05) is 12.3 Å². The first-order chi connectivity index (χ1) is 10.5. The number of esters is 1. The summed E-state index contributed by atoms with van der Waals surface area (Å²) in [5, 5.41) is 0.290. The first-order valence-electron chi connectivity index (χ1n) is 6.41. The van der Waals surface area contributed by atoms with E-state index in [-0.39, 0.29) is 34.5 Å². The molecule has 0 saturated heterocycles. The molecule has 22 heavy (non-hydrogen) atoms. The van der Waals surface area contributed by atoms with Gasteiger partial charge >= 0.3 is 5.97 Å². The minimum atomic E-state index is -3.56. The second-order valence-electron chi connectivity index (χ2n) is 4.64. The highest BCUT2D eigenvalue weighted by Crippen LogP contribution is 2.25. The number of carbonyl (C=O) groups excluding carboxylic acids is 1. The maximum absolute atomic E-state index is 12.3. The van der Waals surface area contributed by atoms with E-state index in [0.29, 0.717) is 0 Å². The highest BCUT2D eigenvalue weighted by molar-refractivity contribution is 7.90. The Morgan fingerprint density at radius 1 is 1.32 bits per heavy atom. The summed E-state index contributed by atoms with van der Waals surface area (Å²) in [7, 11) is -3.56. The molecule has 0 atom stereocenters. The lowest BCUT2D eigenvalue weighted by atomic mass is 10.1. The lowest BCUT2D eigenvalue weighted by Crippen LogP contribution is -2.40. The molecule has 0 spiro atoms. The number of para-hydroxylation sites is 1. The largest absolute Gasteiger partial charge is 0.421 e. The number of halogens is 1. The van der Waals surface area contributed by atoms with Gasteiger partial charge in [0, 0.05) is 12.7 Å². The lowest BCUT2D eigenvalue weighted by molar-refractivity contribution is -0.129. The van der Waals surface area contributed by atoms with Gasteiger partial charge in [-0.25, -0.2) is 13.2 Å². The zero-order valence-corrected chi connectivity index (χ0v) is 12.8. The molecule has 6 nitrogen and oxygen atoms in total. The Bertz CT molecular complexity index is 827. The number of hydrogen-bond acceptors (Lipinski definition) is 5. The fourth-order valence-electron chi connectivity index (χ4n) is 2.06. The van der Waals surface area contributed by atoms with Crippen LogP contribution in [0.25, 0.3) is 0 Å². The van der Waals surface area contributed by atoms with Crippen molar-refractivity contribution in [3.63, 3.8) is 0 Å². The van der Waals surface area contributed by atoms with Crippen molar-refractivity contribution in [3.8, 4) is 5.75 Å². The number of amidine groups is 1. The summed E-state index contributed by atoms with van der Waals surface area (Å²) in [6.45, 7) is 0.244. The third kappa shape index (κ3) is 2.90. The molecule has 114 valence electrons. The van der Waals surface area contributed by atoms with E-state index in [1.165, 1.54) is 6.08 Å². The minimum absolute atomic E-state index is 0.0747. The van der Waals surface area contributed by atoms with Crippen LogP contribution in [-0.4, -0.2) is 37.4 Å². The number of allylic oxidation sites excluding steroid dienone is 2. The molecule has 0 unspecified atom stereocenters. The van der Waals surface area contributed by atoms with Crippen LogP contribution in [0.5, 0.6) is 5.75 Å². The summed E-state index contributed by atoms with van der Waals surface area (Å²) >= 11 is 5.94. The number of benzene rings is 1. The van der Waals surface area contributed by atoms with Gasteiger partial charge in [-0.05, 0) is 24.3 Å². The average Bonchev–Trinajstić information content (AvgIpc) is 2.48. The van der Waals surface area contributed by atoms with E-state index in [4.69, 9.17) is 16.3 Å². The fraction of sp³-hybridized carbons (Fsp3) is 0.143. The molecular weight excluding hydrogens is 328 g/mol. The highest BCUT2D eigenvalue weighted by atomic mass is 35.5. The highest BCUT2D eigenvalue weighted by Gasteiger charge is 2.31. The van der Waals surface area contributed by atoms with Gasteiger partial charge in [-0.2, -0.15) is 0 Å². The van der Waals surface area contributed by atoms with Crippen molar-refractivity contribution >= 4 is 33.4 Å². The number of fused-ring (bicyclic) bond motifs is 1. The van der Waals surface area contributed by atoms with Crippen LogP contribution in [0, 0.1) is 0 Å². The number of nitrogens with zero attached hydrogens (tertiary/aromatic N) is 2. The van der Waals surface area contributed by atoms with E-state index in [0.717, 1.165) is 0 Å². The van der Waals surface area contributed by atoms with Crippen LogP contribution in [-0.2, 0) is 14.8 Å². The van der Waals surface area contributed by atoms with Crippen LogP contribution in [0.1, 0.15) is 0 Å². The molecule has 1 aromatic rings. The van der Waals surface area contributed by atoms with Gasteiger partial charge in [-0.3, -0.25) is 0 Å². The van der Waals surface area contributed by atoms with Crippen molar-refractivity contribution < 1.29 is 17.9 Å². The Labute approximate surface area is 132 Å². The van der Waals surface area contributed by atoms with Crippen molar-refractivity contribution in [1.82, 2.24) is 4.90 Å². The SMILES string of the molecule is O=C(Oc1ccccc1Cl)C1=CC=CN2CCS(=O)(=O)N=C12. The van der Waals surface area contributed by atoms with Gasteiger partial charge in [-0.1, -0.05) is 23.7 Å². The van der Waals surface area contributed by atoms with Crippen LogP contribution in [0.4, 0.5) is 0 Å². The third-order valence-corrected chi connectivity index (χ3v) is 4.58. The van der Waals surface area contributed by atoms with Crippen molar-refractivity contribution in [2.45, 2.75) is 0 Å². The van der Waals surface area contributed by atoms with Gasteiger partial charge in [0.15, 0.2) is 5.84 Å². The van der Waals surface area contributed by atoms with Crippen LogP contribution in [0.15, 0.2) is 52.6 Å². The zero-order chi connectivity index (χ0) is 15.7. The summed E-state index contributed by atoms with van der Waals surface area (Å²) in [5.74, 6) is -0.521. The van der Waals surface area contributed by atoms with E-state index < -0.39 is 16.0 Å². The molecule has 0 saturated carbocycles. The summed E-state index contributed by atoms with van der Waals surface area (Å²) in [6.07, 6.45) is 4.77. The Hall–Kier alpha value is -2.12. The predicted molar refractivity (Wildman–Crippen MR) is 82.2 cm³/mol. The average molecular weight is 339 g/mol. The van der Waals surface area contributed by atoms with Crippen molar-refractivity contribution in [1.29, 1.82) is 0 Å². The predicted octanol–water partition coefficient (Wildman–Crippen LogP) is 1.74. The Morgan fingerprint density at radius 3 is 2.86 bits per heavy atom. The number of sulfonamides is 1. The first kappa shape index (κ1) is 14.8. The quantitative estimate of drug-likeness (QED) is 0.606. The van der Waals surface area contributed by atoms with Gasteiger partial charge in [0.25, 0.3) is 10.0 Å². The molecule has 0 radical (unpaired) electrons. The van der Waals surface area contributed by atoms with Crippen molar-refractivity contribution in [2.24, 2.45) is 4.40 Å². The maximum Gasteiger partial charge on any atom is 0.347 e. The van der Waals surface area contributed by atoms with Gasteiger partial charge in [0.05, 0.1) is 10.8 Å². The number of hydrogen-bond donors (Lipinski definition) is 0. The minimum Gasteiger partial charge on any atom is -0.421 e. The van der Waals surface area contributed by atoms with E-state index >= 15 is 0 Å². The zero-order valence-electron chi connectivity index (χ0n) is 11.3. The molecule has 3 rings (SSSR count). The Balaban J connectivity index is 1.92. The maximum atomic E-state index is 12.3. The summed E-state index contributed by atoms with van der Waals surface area (Å²) in [6, 6.07) is 6.53. The van der Waals surface area contributed by atoms with E-state index in [9.17, 15) is 13.2 Å². The first-order valence-corrected chi connectivity index (χ1v) is 8.40. The topological polar surface area (TPSA) is 76.0 Å². The second-order valence-corrected chi connectivity index (χ2v) is 6.80. The van der Waals surface area contributed by atoms with Crippen molar-refractivity contribution in [3.05, 3.63) is 53.2 Å². The van der Waals surface area contributed by atoms with Gasteiger partial charge in [0.2, 0.25) is 0 Å². The number of ether oxygens (including phenoxy) is 1. The molecule has 0 bridgehead atoms. The molecular formula is C14H11ClN2O4S. The Kier molecular flexibility index (Phi) is 3.76. The van der Waals surface area contributed by atoms with E-state index in [1.54, 1.807) is 41.4 Å². The number of rotatable bonds is 2. The molecule has 0 aliphatic carbocycles. The van der Waals surface area contributed by atoms with E-state index in [1.807, 2.05) is 0 Å². The van der Waals surface area contributed by atoms with Crippen LogP contribution in [0.2, 0.25) is 5.02 Å². The summed E-state index contributed by atoms with van der Waals surface area (Å²) in [5.41, 5.74) is 0.0747. The fourth-order valence-corrected chi connectivity index (χ4v) is 3.22. The van der Waals surface area contributed by atoms with Gasteiger partial charge in [-0.15, -0.1) is 4.40 Å². The van der Waals surface area contributed by atoms with Crippen LogP contribution < -0.4 is 4.74 Å². The smallest absolute Gasteiger partial charge is 0.347 e.